The normalized spacial score (nSPS) is 9.95. The van der Waals surface area contributed by atoms with Crippen LogP contribution in [0.25, 0.3) is 0 Å². The number of aryl methyl sites for hydroxylation is 2. The number of nitrogens with one attached hydrogen (secondary N) is 1. The van der Waals surface area contributed by atoms with E-state index < -0.39 is 17.9 Å². The summed E-state index contributed by atoms with van der Waals surface area (Å²) in [6.07, 6.45) is 0. The number of amides is 3. The number of anilines is 1. The fourth-order valence-corrected chi connectivity index (χ4v) is 1.81. The van der Waals surface area contributed by atoms with Crippen LogP contribution in [-0.4, -0.2) is 41.5 Å². The number of nitrogens with two attached hydrogens (primary N) is 1. The quantitative estimate of drug-likeness (QED) is 0.761. The van der Waals surface area contributed by atoms with Crippen LogP contribution in [0, 0.1) is 13.8 Å². The van der Waals surface area contributed by atoms with Gasteiger partial charge in [0.05, 0.1) is 11.3 Å². The topological polar surface area (TPSA) is 113 Å². The number of aromatic carboxylic acids is 1. The molecule has 1 aromatic carbocycles. The van der Waals surface area contributed by atoms with Crippen molar-refractivity contribution in [2.75, 3.05) is 18.9 Å². The van der Waals surface area contributed by atoms with E-state index in [2.05, 4.69) is 5.32 Å². The molecular formula is C13H17N3O4. The predicted molar refractivity (Wildman–Crippen MR) is 73.7 cm³/mol. The zero-order valence-electron chi connectivity index (χ0n) is 11.6. The number of primary amides is 1. The molecule has 0 fully saturated rings. The van der Waals surface area contributed by atoms with Crippen LogP contribution in [0.3, 0.4) is 0 Å². The number of benzene rings is 1. The average molecular weight is 279 g/mol. The van der Waals surface area contributed by atoms with E-state index in [1.165, 1.54) is 13.1 Å². The summed E-state index contributed by atoms with van der Waals surface area (Å²) >= 11 is 0. The smallest absolute Gasteiger partial charge is 0.337 e. The van der Waals surface area contributed by atoms with Crippen molar-refractivity contribution in [2.45, 2.75) is 13.8 Å². The Morgan fingerprint density at radius 3 is 2.40 bits per heavy atom. The summed E-state index contributed by atoms with van der Waals surface area (Å²) in [7, 11) is 1.39. The number of rotatable bonds is 4. The van der Waals surface area contributed by atoms with Crippen molar-refractivity contribution in [3.05, 3.63) is 28.8 Å². The first kappa shape index (κ1) is 15.5. The van der Waals surface area contributed by atoms with E-state index in [1.807, 2.05) is 0 Å². The molecule has 1 rings (SSSR count). The summed E-state index contributed by atoms with van der Waals surface area (Å²) in [4.78, 5) is 34.9. The predicted octanol–water partition coefficient (Wildman–Crippen LogP) is 0.951. The first-order valence-electron chi connectivity index (χ1n) is 5.87. The van der Waals surface area contributed by atoms with E-state index in [4.69, 9.17) is 5.73 Å². The fourth-order valence-electron chi connectivity index (χ4n) is 1.81. The molecule has 0 saturated heterocycles. The average Bonchev–Trinajstić information content (AvgIpc) is 2.30. The van der Waals surface area contributed by atoms with Crippen molar-refractivity contribution in [2.24, 2.45) is 5.73 Å². The molecule has 0 radical (unpaired) electrons. The van der Waals surface area contributed by atoms with Crippen molar-refractivity contribution in [1.82, 2.24) is 4.90 Å². The van der Waals surface area contributed by atoms with Gasteiger partial charge < -0.3 is 21.1 Å². The number of nitrogens with zero attached hydrogens (tertiary/aromatic N) is 1. The van der Waals surface area contributed by atoms with E-state index in [-0.39, 0.29) is 17.8 Å². The molecule has 0 saturated carbocycles. The lowest BCUT2D eigenvalue weighted by atomic mass is 10.0. The molecule has 0 aliphatic carbocycles. The maximum Gasteiger partial charge on any atom is 0.337 e. The Balaban J connectivity index is 3.05. The number of carbonyl (C=O) groups excluding carboxylic acids is 2. The number of urea groups is 1. The summed E-state index contributed by atoms with van der Waals surface area (Å²) in [5.41, 5.74) is 6.62. The number of carboxylic acids is 1. The second kappa shape index (κ2) is 6.05. The third-order valence-corrected chi connectivity index (χ3v) is 2.68. The molecule has 0 aliphatic heterocycles. The van der Waals surface area contributed by atoms with Crippen molar-refractivity contribution in [3.63, 3.8) is 0 Å². The number of carbonyl (C=O) groups is 3. The fraction of sp³-hybridized carbons (Fsp3) is 0.308. The monoisotopic (exact) mass is 279 g/mol. The molecule has 4 N–H and O–H groups in total. The second-order valence-electron chi connectivity index (χ2n) is 4.56. The Morgan fingerprint density at radius 2 is 1.90 bits per heavy atom. The van der Waals surface area contributed by atoms with Crippen LogP contribution in [0.5, 0.6) is 0 Å². The Hall–Kier alpha value is -2.57. The summed E-state index contributed by atoms with van der Waals surface area (Å²) in [6.45, 7) is 3.21. The highest BCUT2D eigenvalue weighted by molar-refractivity contribution is 6.01. The molecule has 0 unspecified atom stereocenters. The zero-order valence-corrected chi connectivity index (χ0v) is 11.6. The molecule has 0 heterocycles. The second-order valence-corrected chi connectivity index (χ2v) is 4.56. The van der Waals surface area contributed by atoms with Crippen LogP contribution in [-0.2, 0) is 4.79 Å². The van der Waals surface area contributed by atoms with Gasteiger partial charge in [-0.25, -0.2) is 9.59 Å². The van der Waals surface area contributed by atoms with Crippen LogP contribution in [0.15, 0.2) is 12.1 Å². The van der Waals surface area contributed by atoms with Gasteiger partial charge in [-0.2, -0.15) is 0 Å². The lowest BCUT2D eigenvalue weighted by molar-refractivity contribution is -0.118. The third kappa shape index (κ3) is 3.71. The first-order chi connectivity index (χ1) is 9.22. The largest absolute Gasteiger partial charge is 0.478 e. The molecule has 0 spiro atoms. The van der Waals surface area contributed by atoms with E-state index in [0.29, 0.717) is 5.56 Å². The van der Waals surface area contributed by atoms with E-state index >= 15 is 0 Å². The van der Waals surface area contributed by atoms with Gasteiger partial charge in [0.1, 0.15) is 6.54 Å². The SMILES string of the molecule is Cc1cc(C)c(NC(=O)N(C)CC(N)=O)c(C(=O)O)c1. The van der Waals surface area contributed by atoms with Crippen LogP contribution < -0.4 is 11.1 Å². The molecule has 3 amide bonds. The van der Waals surface area contributed by atoms with Gasteiger partial charge in [-0.15, -0.1) is 0 Å². The van der Waals surface area contributed by atoms with Crippen molar-refractivity contribution in [1.29, 1.82) is 0 Å². The highest BCUT2D eigenvalue weighted by Crippen LogP contribution is 2.23. The lowest BCUT2D eigenvalue weighted by Gasteiger charge is -2.18. The molecule has 0 bridgehead atoms. The van der Waals surface area contributed by atoms with Crippen LogP contribution in [0.2, 0.25) is 0 Å². The van der Waals surface area contributed by atoms with Gasteiger partial charge in [0, 0.05) is 7.05 Å². The van der Waals surface area contributed by atoms with Gasteiger partial charge in [-0.05, 0) is 31.0 Å². The Kier molecular flexibility index (Phi) is 4.68. The number of hydrogen-bond donors (Lipinski definition) is 3. The third-order valence-electron chi connectivity index (χ3n) is 2.68. The molecule has 0 atom stereocenters. The molecule has 7 heteroatoms. The molecular weight excluding hydrogens is 262 g/mol. The summed E-state index contributed by atoms with van der Waals surface area (Å²) in [5, 5.41) is 11.7. The van der Waals surface area contributed by atoms with Crippen molar-refractivity contribution >= 4 is 23.6 Å². The van der Waals surface area contributed by atoms with E-state index in [0.717, 1.165) is 10.5 Å². The minimum absolute atomic E-state index is 0.00308. The lowest BCUT2D eigenvalue weighted by Crippen LogP contribution is -2.38. The van der Waals surface area contributed by atoms with Gasteiger partial charge in [0.15, 0.2) is 0 Å². The maximum atomic E-state index is 11.9. The minimum Gasteiger partial charge on any atom is -0.478 e. The van der Waals surface area contributed by atoms with Crippen molar-refractivity contribution in [3.8, 4) is 0 Å². The van der Waals surface area contributed by atoms with Gasteiger partial charge in [0.2, 0.25) is 5.91 Å². The molecule has 0 aliphatic rings. The zero-order chi connectivity index (χ0) is 15.4. The van der Waals surface area contributed by atoms with Crippen LogP contribution in [0.1, 0.15) is 21.5 Å². The molecule has 108 valence electrons. The number of likely N-dealkylation sites (N-methyl/N-ethyl adjacent to an activating group) is 1. The van der Waals surface area contributed by atoms with E-state index in [9.17, 15) is 19.5 Å². The number of carboxylic acid groups (broad SMARTS) is 1. The molecule has 20 heavy (non-hydrogen) atoms. The van der Waals surface area contributed by atoms with Crippen LogP contribution in [0.4, 0.5) is 10.5 Å². The van der Waals surface area contributed by atoms with Gasteiger partial charge in [0.25, 0.3) is 0 Å². The highest BCUT2D eigenvalue weighted by atomic mass is 16.4. The highest BCUT2D eigenvalue weighted by Gasteiger charge is 2.18. The molecule has 7 nitrogen and oxygen atoms in total. The first-order valence-corrected chi connectivity index (χ1v) is 5.87. The standard InChI is InChI=1S/C13H17N3O4/c1-7-4-8(2)11(9(5-7)12(18)19)15-13(20)16(3)6-10(14)17/h4-5H,6H2,1-3H3,(H2,14,17)(H,15,20)(H,18,19). The Bertz CT molecular complexity index is 569. The molecule has 1 aromatic rings. The van der Waals surface area contributed by atoms with E-state index in [1.54, 1.807) is 19.9 Å². The van der Waals surface area contributed by atoms with Gasteiger partial charge in [-0.1, -0.05) is 6.07 Å². The summed E-state index contributed by atoms with van der Waals surface area (Å²) in [6, 6.07) is 2.63. The van der Waals surface area contributed by atoms with Crippen LogP contribution >= 0.6 is 0 Å². The Labute approximate surface area is 116 Å². The van der Waals surface area contributed by atoms with Gasteiger partial charge in [-0.3, -0.25) is 4.79 Å². The number of hydrogen-bond acceptors (Lipinski definition) is 3. The summed E-state index contributed by atoms with van der Waals surface area (Å²) < 4.78 is 0. The van der Waals surface area contributed by atoms with Gasteiger partial charge >= 0.3 is 12.0 Å². The molecule has 0 aromatic heterocycles. The maximum absolute atomic E-state index is 11.9. The minimum atomic E-state index is -1.13. The van der Waals surface area contributed by atoms with Crippen molar-refractivity contribution < 1.29 is 19.5 Å². The summed E-state index contributed by atoms with van der Waals surface area (Å²) in [5.74, 6) is -1.79. The Morgan fingerprint density at radius 1 is 1.30 bits per heavy atom.